The molecular weight excluding hydrogens is 242 g/mol. The molecule has 0 saturated carbocycles. The van der Waals surface area contributed by atoms with E-state index in [4.69, 9.17) is 54.7 Å². The molecule has 0 heterocycles. The molecule has 0 saturated heterocycles. The molecule has 0 bridgehead atoms. The van der Waals surface area contributed by atoms with Gasteiger partial charge in [-0.1, -0.05) is 0 Å². The number of rotatable bonds is 0. The topological polar surface area (TPSA) is 210 Å². The molecule has 7 N–H and O–H groups in total. The average molecular weight is 250 g/mol. The normalized spacial score (nSPS) is 6.76. The van der Waals surface area contributed by atoms with Crippen molar-refractivity contribution in [1.82, 2.24) is 0 Å². The summed E-state index contributed by atoms with van der Waals surface area (Å²) in [5.74, 6) is -7.30. The Kier molecular flexibility index (Phi) is 20.9. The van der Waals surface area contributed by atoms with Crippen molar-refractivity contribution < 1.29 is 75.0 Å². The summed E-state index contributed by atoms with van der Waals surface area (Å²) in [7, 11) is -2.17. The van der Waals surface area contributed by atoms with E-state index in [1.54, 1.807) is 0 Å². The van der Waals surface area contributed by atoms with Crippen molar-refractivity contribution in [1.29, 1.82) is 0 Å². The predicted molar refractivity (Wildman–Crippen MR) is 44.1 cm³/mol. The molecule has 17 heavy (non-hydrogen) atoms. The Bertz CT molecular complexity index is 217. The molecule has 0 aromatic rings. The van der Waals surface area contributed by atoms with Crippen LogP contribution >= 0.6 is 0 Å². The molecule has 0 aromatic heterocycles. The Morgan fingerprint density at radius 2 is 0.706 bits per heavy atom. The van der Waals surface area contributed by atoms with Gasteiger partial charge in [0.1, 0.15) is 0 Å². The van der Waals surface area contributed by atoms with Crippen LogP contribution in [0.5, 0.6) is 0 Å². The second-order valence-corrected chi connectivity index (χ2v) is 1.57. The maximum Gasteiger partial charge on any atom is 1.00 e. The fourth-order valence-electron chi connectivity index (χ4n) is 0. The zero-order valence-electron chi connectivity index (χ0n) is 9.34. The molecule has 0 unspecified atom stereocenters. The Morgan fingerprint density at radius 1 is 0.647 bits per heavy atom. The molecule has 0 atom stereocenters. The maximum absolute atomic E-state index is 9.10. The molecule has 0 fully saturated rings. The Balaban J connectivity index is -0.0000000454. The summed E-state index contributed by atoms with van der Waals surface area (Å²) in [5.41, 5.74) is 0. The van der Waals surface area contributed by atoms with E-state index in [1.807, 2.05) is 0 Å². The van der Waals surface area contributed by atoms with Crippen LogP contribution < -0.4 is 18.9 Å². The number of carbonyl (C=O) groups is 4. The molecule has 11 nitrogen and oxygen atoms in total. The summed E-state index contributed by atoms with van der Waals surface area (Å²) < 4.78 is 0. The van der Waals surface area contributed by atoms with E-state index >= 15 is 0 Å². The van der Waals surface area contributed by atoms with Crippen LogP contribution in [0.2, 0.25) is 0 Å². The van der Waals surface area contributed by atoms with Crippen LogP contribution in [0, 0.1) is 0 Å². The zero-order valence-corrected chi connectivity index (χ0v) is 8.34. The summed E-state index contributed by atoms with van der Waals surface area (Å²) in [5, 5.41) is 51.1. The van der Waals surface area contributed by atoms with Crippen LogP contribution in [-0.2, 0) is 19.2 Å². The number of aliphatic carboxylic acids is 4. The molecule has 0 radical (unpaired) electrons. The van der Waals surface area contributed by atoms with Crippen LogP contribution in [0.4, 0.5) is 0 Å². The summed E-state index contributed by atoms with van der Waals surface area (Å²) in [6.45, 7) is 0. The van der Waals surface area contributed by atoms with Crippen molar-refractivity contribution in [2.24, 2.45) is 0 Å². The molecule has 94 valence electrons. The van der Waals surface area contributed by atoms with Gasteiger partial charge in [0.15, 0.2) is 0 Å². The molecule has 0 rings (SSSR count). The van der Waals surface area contributed by atoms with Gasteiger partial charge in [-0.2, -0.15) is 0 Å². The first-order valence-electron chi connectivity index (χ1n) is 2.99. The molecule has 0 amide bonds. The van der Waals surface area contributed by atoms with Crippen molar-refractivity contribution in [2.45, 2.75) is 0 Å². The van der Waals surface area contributed by atoms with E-state index in [2.05, 4.69) is 0 Å². The molecule has 0 aliphatic carbocycles. The second-order valence-electron chi connectivity index (χ2n) is 1.57. The van der Waals surface area contributed by atoms with Gasteiger partial charge in [0.25, 0.3) is 0 Å². The average Bonchev–Trinajstić information content (AvgIpc) is 2.03. The van der Waals surface area contributed by atoms with Gasteiger partial charge in [-0.25, -0.2) is 19.2 Å². The van der Waals surface area contributed by atoms with Crippen LogP contribution in [-0.4, -0.2) is 66.7 Å². The monoisotopic (exact) mass is 250 g/mol. The number of hydrogen-bond donors (Lipinski definition) is 7. The third-order valence-electron chi connectivity index (χ3n) is 0.366. The van der Waals surface area contributed by atoms with Gasteiger partial charge in [0, 0.05) is 0 Å². The van der Waals surface area contributed by atoms with Crippen molar-refractivity contribution in [3.05, 3.63) is 0 Å². The fraction of sp³-hybridized carbons (Fsp3) is 0. The van der Waals surface area contributed by atoms with Gasteiger partial charge in [-0.3, -0.25) is 0 Å². The van der Waals surface area contributed by atoms with Crippen molar-refractivity contribution >= 4 is 31.2 Å². The number of hydrogen-bond acceptors (Lipinski definition) is 7. The Hall–Kier alpha value is -1.58. The van der Waals surface area contributed by atoms with E-state index in [0.29, 0.717) is 0 Å². The summed E-state index contributed by atoms with van der Waals surface area (Å²) >= 11 is 0. The molecule has 0 aliphatic heterocycles. The van der Waals surface area contributed by atoms with Crippen LogP contribution in [0.1, 0.15) is 1.43 Å². The summed E-state index contributed by atoms with van der Waals surface area (Å²) in [6, 6.07) is 0. The Labute approximate surface area is 107 Å². The smallest absolute Gasteiger partial charge is 1.00 e. The van der Waals surface area contributed by atoms with E-state index in [1.165, 1.54) is 0 Å². The molecule has 0 spiro atoms. The molecule has 13 heteroatoms. The van der Waals surface area contributed by atoms with Crippen molar-refractivity contribution in [2.75, 3.05) is 0 Å². The quantitative estimate of drug-likeness (QED) is 0.158. The van der Waals surface area contributed by atoms with Crippen LogP contribution in [0.15, 0.2) is 0 Å². The predicted octanol–water partition coefficient (Wildman–Crippen LogP) is -6.62. The van der Waals surface area contributed by atoms with E-state index < -0.39 is 31.2 Å². The first-order chi connectivity index (χ1) is 7.02. The third kappa shape index (κ3) is 54.0. The van der Waals surface area contributed by atoms with E-state index in [9.17, 15) is 0 Å². The van der Waals surface area contributed by atoms with Gasteiger partial charge >= 0.3 is 50.1 Å². The van der Waals surface area contributed by atoms with Crippen LogP contribution in [0.3, 0.4) is 0 Å². The van der Waals surface area contributed by atoms with Gasteiger partial charge < -0.3 is 36.9 Å². The first-order valence-corrected chi connectivity index (χ1v) is 2.99. The zero-order chi connectivity index (χ0) is 13.9. The van der Waals surface area contributed by atoms with Crippen molar-refractivity contribution in [3.63, 3.8) is 0 Å². The van der Waals surface area contributed by atoms with Gasteiger partial charge in [-0.05, 0) is 0 Å². The van der Waals surface area contributed by atoms with E-state index in [-0.39, 0.29) is 20.3 Å². The fourth-order valence-corrected chi connectivity index (χ4v) is 0. The first kappa shape index (κ1) is 24.6. The summed E-state index contributed by atoms with van der Waals surface area (Å²) in [4.78, 5) is 36.4. The minimum atomic E-state index is -2.17. The van der Waals surface area contributed by atoms with Gasteiger partial charge in [0.2, 0.25) is 0 Å². The van der Waals surface area contributed by atoms with Crippen molar-refractivity contribution in [3.8, 4) is 0 Å². The van der Waals surface area contributed by atoms with E-state index in [0.717, 1.165) is 0 Å². The van der Waals surface area contributed by atoms with Gasteiger partial charge in [-0.15, -0.1) is 0 Å². The standard InChI is InChI=1S/2C2H2O4.BH3O3.Li.H/c2*3-1(4)2(5)6;2-1(3)4;;/h2*(H,3,4)(H,5,6);2-4H;;/q;;;+1;-1. The molecule has 0 aliphatic rings. The van der Waals surface area contributed by atoms with Crippen LogP contribution in [0.25, 0.3) is 0 Å². The molecule has 0 aromatic carbocycles. The SMILES string of the molecule is O=C(O)C(=O)O.O=C(O)C(=O)O.OB(O)O.[H-].[Li+]. The maximum atomic E-state index is 9.10. The van der Waals surface area contributed by atoms with Gasteiger partial charge in [0.05, 0.1) is 0 Å². The minimum absolute atomic E-state index is 0. The minimum Gasteiger partial charge on any atom is -1.00 e. The molecular formula is C4H8BLiO11. The second kappa shape index (κ2) is 14.4. The number of carboxylic acids is 4. The third-order valence-corrected chi connectivity index (χ3v) is 0.366. The summed E-state index contributed by atoms with van der Waals surface area (Å²) in [6.07, 6.45) is 0. The number of carboxylic acid groups (broad SMARTS) is 4. The Morgan fingerprint density at radius 3 is 0.706 bits per heavy atom. The largest absolute Gasteiger partial charge is 1.00 e.